The van der Waals surface area contributed by atoms with Crippen LogP contribution < -0.4 is 16.1 Å². The summed E-state index contributed by atoms with van der Waals surface area (Å²) in [6.07, 6.45) is 2.64. The first-order valence-electron chi connectivity index (χ1n) is 9.51. The third kappa shape index (κ3) is 3.81. The Labute approximate surface area is 177 Å². The molecule has 1 aliphatic carbocycles. The van der Waals surface area contributed by atoms with Crippen LogP contribution >= 0.6 is 23.4 Å². The summed E-state index contributed by atoms with van der Waals surface area (Å²) < 4.78 is 0. The van der Waals surface area contributed by atoms with Gasteiger partial charge < -0.3 is 10.6 Å². The zero-order valence-corrected chi connectivity index (χ0v) is 17.4. The molecular weight excluding hydrogens is 416 g/mol. The van der Waals surface area contributed by atoms with Crippen molar-refractivity contribution in [1.29, 1.82) is 0 Å². The molecule has 1 unspecified atom stereocenters. The number of hydrazine groups is 1. The van der Waals surface area contributed by atoms with Crippen molar-refractivity contribution >= 4 is 52.8 Å². The summed E-state index contributed by atoms with van der Waals surface area (Å²) in [6, 6.07) is 4.51. The van der Waals surface area contributed by atoms with Gasteiger partial charge in [-0.05, 0) is 49.8 Å². The van der Waals surface area contributed by atoms with Gasteiger partial charge in [0.1, 0.15) is 5.54 Å². The van der Waals surface area contributed by atoms with E-state index in [2.05, 4.69) is 23.0 Å². The third-order valence-electron chi connectivity index (χ3n) is 5.66. The first kappa shape index (κ1) is 20.0. The SMILES string of the molecule is CC1CCC2(CC1)NC(=O)N(NC(=O)CC1Sc3ccc(Cl)cc3NC1=O)C2=O. The first-order valence-corrected chi connectivity index (χ1v) is 10.8. The fourth-order valence-corrected chi connectivity index (χ4v) is 5.17. The van der Waals surface area contributed by atoms with E-state index in [1.54, 1.807) is 18.2 Å². The Kier molecular flexibility index (Phi) is 5.20. The van der Waals surface area contributed by atoms with Crippen LogP contribution in [-0.2, 0) is 14.4 Å². The molecule has 4 rings (SSSR count). The molecule has 0 aromatic heterocycles. The second-order valence-corrected chi connectivity index (χ2v) is 9.49. The van der Waals surface area contributed by atoms with Crippen molar-refractivity contribution in [3.05, 3.63) is 23.2 Å². The van der Waals surface area contributed by atoms with Crippen molar-refractivity contribution in [3.8, 4) is 0 Å². The topological polar surface area (TPSA) is 108 Å². The molecule has 1 aromatic rings. The summed E-state index contributed by atoms with van der Waals surface area (Å²) in [5.41, 5.74) is 2.06. The lowest BCUT2D eigenvalue weighted by Crippen LogP contribution is -2.52. The average Bonchev–Trinajstić information content (AvgIpc) is 2.89. The van der Waals surface area contributed by atoms with Crippen molar-refractivity contribution in [2.75, 3.05) is 5.32 Å². The number of hydrogen-bond acceptors (Lipinski definition) is 5. The van der Waals surface area contributed by atoms with Gasteiger partial charge >= 0.3 is 6.03 Å². The van der Waals surface area contributed by atoms with Gasteiger partial charge in [-0.25, -0.2) is 4.79 Å². The van der Waals surface area contributed by atoms with E-state index < -0.39 is 28.6 Å². The molecule has 2 fully saturated rings. The summed E-state index contributed by atoms with van der Waals surface area (Å²) >= 11 is 7.18. The Bertz CT molecular complexity index is 900. The molecule has 1 spiro atoms. The summed E-state index contributed by atoms with van der Waals surface area (Å²) in [5.74, 6) is -0.813. The van der Waals surface area contributed by atoms with Gasteiger partial charge in [-0.2, -0.15) is 5.01 Å². The number of rotatable bonds is 3. The van der Waals surface area contributed by atoms with Crippen LogP contribution in [0.25, 0.3) is 0 Å². The fraction of sp³-hybridized carbons (Fsp3) is 0.474. The molecule has 1 saturated heterocycles. The van der Waals surface area contributed by atoms with E-state index in [0.29, 0.717) is 29.5 Å². The number of nitrogens with zero attached hydrogens (tertiary/aromatic N) is 1. The summed E-state index contributed by atoms with van der Waals surface area (Å²) in [6.45, 7) is 2.12. The van der Waals surface area contributed by atoms with Crippen LogP contribution in [0.15, 0.2) is 23.1 Å². The summed E-state index contributed by atoms with van der Waals surface area (Å²) in [5, 5.41) is 6.08. The molecule has 29 heavy (non-hydrogen) atoms. The number of thioether (sulfide) groups is 1. The Morgan fingerprint density at radius 1 is 1.31 bits per heavy atom. The molecule has 5 amide bonds. The maximum Gasteiger partial charge on any atom is 0.344 e. The molecule has 3 N–H and O–H groups in total. The van der Waals surface area contributed by atoms with Gasteiger partial charge in [-0.3, -0.25) is 19.8 Å². The number of carbonyl (C=O) groups is 4. The predicted octanol–water partition coefficient (Wildman–Crippen LogP) is 2.67. The zero-order chi connectivity index (χ0) is 20.8. The van der Waals surface area contributed by atoms with Crippen molar-refractivity contribution < 1.29 is 19.2 Å². The van der Waals surface area contributed by atoms with Crippen molar-refractivity contribution in [2.45, 2.75) is 54.7 Å². The molecule has 1 aromatic carbocycles. The van der Waals surface area contributed by atoms with Gasteiger partial charge in [-0.15, -0.1) is 11.8 Å². The Hall–Kier alpha value is -2.26. The number of carbonyl (C=O) groups excluding carboxylic acids is 4. The molecule has 2 heterocycles. The second kappa shape index (κ2) is 7.53. The number of anilines is 1. The molecule has 0 radical (unpaired) electrons. The summed E-state index contributed by atoms with van der Waals surface area (Å²) in [7, 11) is 0. The Morgan fingerprint density at radius 3 is 2.76 bits per heavy atom. The quantitative estimate of drug-likeness (QED) is 0.631. The summed E-state index contributed by atoms with van der Waals surface area (Å²) in [4.78, 5) is 50.8. The third-order valence-corrected chi connectivity index (χ3v) is 7.17. The molecule has 2 aliphatic heterocycles. The molecule has 10 heteroatoms. The number of halogens is 1. The lowest BCUT2D eigenvalue weighted by Gasteiger charge is -2.33. The minimum Gasteiger partial charge on any atom is -0.324 e. The van der Waals surface area contributed by atoms with Gasteiger partial charge in [0.05, 0.1) is 10.9 Å². The zero-order valence-electron chi connectivity index (χ0n) is 15.8. The van der Waals surface area contributed by atoms with Gasteiger partial charge in [0.2, 0.25) is 11.8 Å². The fourth-order valence-electron chi connectivity index (χ4n) is 3.91. The van der Waals surface area contributed by atoms with Crippen molar-refractivity contribution in [2.24, 2.45) is 5.92 Å². The highest BCUT2D eigenvalue weighted by atomic mass is 35.5. The number of imide groups is 1. The lowest BCUT2D eigenvalue weighted by atomic mass is 9.77. The normalized spacial score (nSPS) is 28.8. The molecular formula is C19H21ClN4O4S. The van der Waals surface area contributed by atoms with Crippen LogP contribution in [-0.4, -0.2) is 39.6 Å². The monoisotopic (exact) mass is 436 g/mol. The lowest BCUT2D eigenvalue weighted by molar-refractivity contribution is -0.140. The average molecular weight is 437 g/mol. The Morgan fingerprint density at radius 2 is 2.03 bits per heavy atom. The van der Waals surface area contributed by atoms with Crippen molar-refractivity contribution in [1.82, 2.24) is 15.8 Å². The molecule has 3 aliphatic rings. The number of urea groups is 1. The van der Waals surface area contributed by atoms with Crippen molar-refractivity contribution in [3.63, 3.8) is 0 Å². The van der Waals surface area contributed by atoms with Crippen LogP contribution in [0.3, 0.4) is 0 Å². The van der Waals surface area contributed by atoms with Gasteiger partial charge in [0.15, 0.2) is 0 Å². The van der Waals surface area contributed by atoms with E-state index in [1.165, 1.54) is 11.8 Å². The van der Waals surface area contributed by atoms with Gasteiger partial charge in [0, 0.05) is 16.3 Å². The van der Waals surface area contributed by atoms with E-state index >= 15 is 0 Å². The van der Waals surface area contributed by atoms with Crippen LogP contribution in [0, 0.1) is 5.92 Å². The Balaban J connectivity index is 1.40. The van der Waals surface area contributed by atoms with E-state index in [9.17, 15) is 19.2 Å². The van der Waals surface area contributed by atoms with Gasteiger partial charge in [-0.1, -0.05) is 18.5 Å². The highest BCUT2D eigenvalue weighted by molar-refractivity contribution is 8.01. The molecule has 154 valence electrons. The maximum atomic E-state index is 12.8. The number of nitrogens with one attached hydrogen (secondary N) is 3. The molecule has 0 bridgehead atoms. The van der Waals surface area contributed by atoms with E-state index in [4.69, 9.17) is 11.6 Å². The van der Waals surface area contributed by atoms with E-state index in [0.717, 1.165) is 22.7 Å². The standard InChI is InChI=1S/C19H21ClN4O4S/c1-10-4-6-19(7-5-10)17(27)24(18(28)22-19)23-15(25)9-14-16(26)21-12-8-11(20)2-3-13(12)29-14/h2-3,8,10,14H,4-7,9H2,1H3,(H,21,26)(H,22,28)(H,23,25). The predicted molar refractivity (Wildman–Crippen MR) is 108 cm³/mol. The smallest absolute Gasteiger partial charge is 0.324 e. The van der Waals surface area contributed by atoms with Crippen LogP contribution in [0.4, 0.5) is 10.5 Å². The molecule has 1 atom stereocenters. The number of benzene rings is 1. The second-order valence-electron chi connectivity index (χ2n) is 7.81. The number of amides is 5. The molecule has 8 nitrogen and oxygen atoms in total. The number of fused-ring (bicyclic) bond motifs is 1. The van der Waals surface area contributed by atoms with Crippen LogP contribution in [0.1, 0.15) is 39.0 Å². The number of hydrogen-bond donors (Lipinski definition) is 3. The van der Waals surface area contributed by atoms with Crippen LogP contribution in [0.2, 0.25) is 5.02 Å². The molecule has 1 saturated carbocycles. The van der Waals surface area contributed by atoms with Gasteiger partial charge in [0.25, 0.3) is 5.91 Å². The van der Waals surface area contributed by atoms with E-state index in [-0.39, 0.29) is 12.3 Å². The van der Waals surface area contributed by atoms with Crippen LogP contribution in [0.5, 0.6) is 0 Å². The highest BCUT2D eigenvalue weighted by Crippen LogP contribution is 2.39. The largest absolute Gasteiger partial charge is 0.344 e. The highest BCUT2D eigenvalue weighted by Gasteiger charge is 2.53. The van der Waals surface area contributed by atoms with E-state index in [1.807, 2.05) is 0 Å². The maximum absolute atomic E-state index is 12.8. The first-order chi connectivity index (χ1) is 13.8. The minimum absolute atomic E-state index is 0.167. The minimum atomic E-state index is -0.925.